The molecular formula is C9H16N4O. The minimum atomic E-state index is -0.0960. The number of carbonyl (C=O) groups is 1. The summed E-state index contributed by atoms with van der Waals surface area (Å²) in [7, 11) is 5.28. The van der Waals surface area contributed by atoms with Crippen molar-refractivity contribution in [1.29, 1.82) is 0 Å². The normalized spacial score (nSPS) is 12.3. The SMILES string of the molecule is CC(NC(=O)N(C)C)c1cnn(C)c1. The van der Waals surface area contributed by atoms with Gasteiger partial charge in [-0.25, -0.2) is 4.79 Å². The van der Waals surface area contributed by atoms with Crippen molar-refractivity contribution >= 4 is 6.03 Å². The molecule has 0 radical (unpaired) electrons. The summed E-state index contributed by atoms with van der Waals surface area (Å²) >= 11 is 0. The Labute approximate surface area is 83.7 Å². The predicted molar refractivity (Wildman–Crippen MR) is 53.8 cm³/mol. The van der Waals surface area contributed by atoms with Gasteiger partial charge in [0.1, 0.15) is 0 Å². The lowest BCUT2D eigenvalue weighted by Gasteiger charge is -2.16. The summed E-state index contributed by atoms with van der Waals surface area (Å²) in [5.41, 5.74) is 1.00. The lowest BCUT2D eigenvalue weighted by atomic mass is 10.2. The predicted octanol–water partition coefficient (Wildman–Crippen LogP) is 0.752. The minimum Gasteiger partial charge on any atom is -0.331 e. The molecule has 0 aliphatic heterocycles. The number of aryl methyl sites for hydroxylation is 1. The van der Waals surface area contributed by atoms with E-state index in [2.05, 4.69) is 10.4 Å². The molecule has 2 amide bonds. The van der Waals surface area contributed by atoms with Crippen LogP contribution in [0.1, 0.15) is 18.5 Å². The molecular weight excluding hydrogens is 180 g/mol. The summed E-state index contributed by atoms with van der Waals surface area (Å²) in [6, 6.07) is -0.111. The molecule has 0 bridgehead atoms. The van der Waals surface area contributed by atoms with Crippen LogP contribution in [0, 0.1) is 0 Å². The number of amides is 2. The average molecular weight is 196 g/mol. The van der Waals surface area contributed by atoms with Gasteiger partial charge < -0.3 is 10.2 Å². The second-order valence-electron chi connectivity index (χ2n) is 3.51. The lowest BCUT2D eigenvalue weighted by Crippen LogP contribution is -2.35. The van der Waals surface area contributed by atoms with Crippen molar-refractivity contribution in [3.63, 3.8) is 0 Å². The third-order valence-electron chi connectivity index (χ3n) is 1.97. The molecule has 1 aromatic heterocycles. The Balaban J connectivity index is 2.59. The standard InChI is InChI=1S/C9H16N4O/c1-7(11-9(14)12(2)3)8-5-10-13(4)6-8/h5-7H,1-4H3,(H,11,14). The number of hydrogen-bond donors (Lipinski definition) is 1. The van der Waals surface area contributed by atoms with Crippen molar-refractivity contribution in [1.82, 2.24) is 20.0 Å². The number of aromatic nitrogens is 2. The highest BCUT2D eigenvalue weighted by Gasteiger charge is 2.11. The van der Waals surface area contributed by atoms with Gasteiger partial charge in [-0.1, -0.05) is 0 Å². The first kappa shape index (κ1) is 10.6. The van der Waals surface area contributed by atoms with E-state index in [9.17, 15) is 4.79 Å². The molecule has 1 atom stereocenters. The van der Waals surface area contributed by atoms with Crippen LogP contribution in [0.2, 0.25) is 0 Å². The Morgan fingerprint density at radius 2 is 2.29 bits per heavy atom. The number of hydrogen-bond acceptors (Lipinski definition) is 2. The first-order valence-corrected chi connectivity index (χ1v) is 4.47. The number of carbonyl (C=O) groups excluding carboxylic acids is 1. The third-order valence-corrected chi connectivity index (χ3v) is 1.97. The van der Waals surface area contributed by atoms with E-state index in [0.717, 1.165) is 5.56 Å². The minimum absolute atomic E-state index is 0.0152. The Morgan fingerprint density at radius 3 is 2.71 bits per heavy atom. The molecule has 1 rings (SSSR count). The molecule has 1 N–H and O–H groups in total. The van der Waals surface area contributed by atoms with Crippen molar-refractivity contribution in [3.05, 3.63) is 18.0 Å². The van der Waals surface area contributed by atoms with Crippen LogP contribution in [-0.2, 0) is 7.05 Å². The van der Waals surface area contributed by atoms with Crippen LogP contribution in [0.4, 0.5) is 4.79 Å². The van der Waals surface area contributed by atoms with Crippen LogP contribution >= 0.6 is 0 Å². The van der Waals surface area contributed by atoms with Gasteiger partial charge in [0.15, 0.2) is 0 Å². The molecule has 1 aromatic rings. The molecule has 0 saturated carbocycles. The number of nitrogens with one attached hydrogen (secondary N) is 1. The van der Waals surface area contributed by atoms with Crippen LogP contribution in [-0.4, -0.2) is 34.8 Å². The Bertz CT molecular complexity index is 318. The number of urea groups is 1. The quantitative estimate of drug-likeness (QED) is 0.759. The average Bonchev–Trinajstić information content (AvgIpc) is 2.51. The fourth-order valence-electron chi connectivity index (χ4n) is 1.06. The van der Waals surface area contributed by atoms with E-state index in [1.807, 2.05) is 20.2 Å². The van der Waals surface area contributed by atoms with Crippen molar-refractivity contribution in [3.8, 4) is 0 Å². The zero-order valence-corrected chi connectivity index (χ0v) is 8.98. The van der Waals surface area contributed by atoms with Gasteiger partial charge in [0.2, 0.25) is 0 Å². The zero-order valence-electron chi connectivity index (χ0n) is 8.98. The summed E-state index contributed by atoms with van der Waals surface area (Å²) in [6.45, 7) is 1.93. The molecule has 1 unspecified atom stereocenters. The molecule has 0 fully saturated rings. The van der Waals surface area contributed by atoms with Crippen LogP contribution in [0.15, 0.2) is 12.4 Å². The van der Waals surface area contributed by atoms with Gasteiger partial charge in [-0.05, 0) is 6.92 Å². The maximum atomic E-state index is 11.3. The zero-order chi connectivity index (χ0) is 10.7. The van der Waals surface area contributed by atoms with E-state index < -0.39 is 0 Å². The highest BCUT2D eigenvalue weighted by Crippen LogP contribution is 2.09. The van der Waals surface area contributed by atoms with Crippen molar-refractivity contribution in [2.75, 3.05) is 14.1 Å². The highest BCUT2D eigenvalue weighted by atomic mass is 16.2. The Morgan fingerprint density at radius 1 is 1.64 bits per heavy atom. The van der Waals surface area contributed by atoms with Crippen molar-refractivity contribution < 1.29 is 4.79 Å². The van der Waals surface area contributed by atoms with Gasteiger partial charge in [0.05, 0.1) is 12.2 Å². The van der Waals surface area contributed by atoms with E-state index in [1.165, 1.54) is 4.90 Å². The van der Waals surface area contributed by atoms with Gasteiger partial charge in [-0.2, -0.15) is 5.10 Å². The smallest absolute Gasteiger partial charge is 0.317 e. The van der Waals surface area contributed by atoms with E-state index in [1.54, 1.807) is 25.0 Å². The topological polar surface area (TPSA) is 50.2 Å². The summed E-state index contributed by atoms with van der Waals surface area (Å²) in [6.07, 6.45) is 3.64. The fraction of sp³-hybridized carbons (Fsp3) is 0.556. The van der Waals surface area contributed by atoms with Gasteiger partial charge in [-0.15, -0.1) is 0 Å². The highest BCUT2D eigenvalue weighted by molar-refractivity contribution is 5.73. The van der Waals surface area contributed by atoms with Gasteiger partial charge in [0, 0.05) is 32.9 Å². The van der Waals surface area contributed by atoms with E-state index in [-0.39, 0.29) is 12.1 Å². The molecule has 5 nitrogen and oxygen atoms in total. The summed E-state index contributed by atoms with van der Waals surface area (Å²) in [5.74, 6) is 0. The van der Waals surface area contributed by atoms with Gasteiger partial charge >= 0.3 is 6.03 Å². The molecule has 0 aliphatic rings. The summed E-state index contributed by atoms with van der Waals surface area (Å²) in [5, 5.41) is 6.88. The van der Waals surface area contributed by atoms with E-state index >= 15 is 0 Å². The Kier molecular flexibility index (Phi) is 3.11. The molecule has 78 valence electrons. The third kappa shape index (κ3) is 2.48. The molecule has 0 aliphatic carbocycles. The van der Waals surface area contributed by atoms with E-state index in [0.29, 0.717) is 0 Å². The van der Waals surface area contributed by atoms with Crippen LogP contribution in [0.5, 0.6) is 0 Å². The van der Waals surface area contributed by atoms with E-state index in [4.69, 9.17) is 0 Å². The molecule has 14 heavy (non-hydrogen) atoms. The first-order valence-electron chi connectivity index (χ1n) is 4.47. The molecule has 1 heterocycles. The summed E-state index contributed by atoms with van der Waals surface area (Å²) in [4.78, 5) is 12.8. The van der Waals surface area contributed by atoms with Crippen LogP contribution < -0.4 is 5.32 Å². The Hall–Kier alpha value is -1.52. The van der Waals surface area contributed by atoms with Crippen LogP contribution in [0.3, 0.4) is 0 Å². The lowest BCUT2D eigenvalue weighted by molar-refractivity contribution is 0.214. The first-order chi connectivity index (χ1) is 6.50. The maximum Gasteiger partial charge on any atom is 0.317 e. The van der Waals surface area contributed by atoms with Crippen LogP contribution in [0.25, 0.3) is 0 Å². The molecule has 0 saturated heterocycles. The second kappa shape index (κ2) is 4.13. The van der Waals surface area contributed by atoms with Gasteiger partial charge in [0.25, 0.3) is 0 Å². The fourth-order valence-corrected chi connectivity index (χ4v) is 1.06. The number of rotatable bonds is 2. The van der Waals surface area contributed by atoms with Crippen molar-refractivity contribution in [2.45, 2.75) is 13.0 Å². The van der Waals surface area contributed by atoms with Crippen molar-refractivity contribution in [2.24, 2.45) is 7.05 Å². The largest absolute Gasteiger partial charge is 0.331 e. The maximum absolute atomic E-state index is 11.3. The summed E-state index contributed by atoms with van der Waals surface area (Å²) < 4.78 is 1.72. The number of nitrogens with zero attached hydrogens (tertiary/aromatic N) is 3. The second-order valence-corrected chi connectivity index (χ2v) is 3.51. The molecule has 0 spiro atoms. The monoisotopic (exact) mass is 196 g/mol. The molecule has 5 heteroatoms. The van der Waals surface area contributed by atoms with Gasteiger partial charge in [-0.3, -0.25) is 4.68 Å². The molecule has 0 aromatic carbocycles.